The number of benzene rings is 1. The molecule has 494 valence electrons. The first-order chi connectivity index (χ1) is 41.8. The molecular formula is C69H109N5O13S. The average Bonchev–Trinajstić information content (AvgIpc) is 1.09. The van der Waals surface area contributed by atoms with E-state index in [1.54, 1.807) is 16.9 Å². The Labute approximate surface area is 529 Å². The Morgan fingerprint density at radius 1 is 0.716 bits per heavy atom. The van der Waals surface area contributed by atoms with Gasteiger partial charge in [-0.25, -0.2) is 4.98 Å². The normalized spacial score (nSPS) is 30.1. The second-order valence-electron chi connectivity index (χ2n) is 29.5. The SMILES string of the molecule is Cc1ncsc1-c1ccc(CNC(=O)[C@@H]2C[C@@H](O)CN2C(=O)[C@@H](NC(=O)CCOCCOCCOCCOCCOCCOCCOCCNC(=O)[C@]23CCC(C)(C)C[C@H]2C2=CC[C@@H]4[C@@]5(C)CC[C@H](O)C(C)(C)[C@@H]5CC[C@@]4(C)[C@]2(C)CC3)C(C)(C)C)cc1. The van der Waals surface area contributed by atoms with Crippen LogP contribution >= 0.6 is 11.3 Å². The quantitative estimate of drug-likeness (QED) is 0.0351. The molecule has 6 aliphatic rings. The number of amides is 4. The lowest BCUT2D eigenvalue weighted by Gasteiger charge is -2.71. The number of hydrogen-bond donors (Lipinski definition) is 5. The molecule has 18 nitrogen and oxygen atoms in total. The Kier molecular flexibility index (Phi) is 24.1. The summed E-state index contributed by atoms with van der Waals surface area (Å²) in [5.74, 6) is 0.419. The molecule has 1 aromatic carbocycles. The predicted octanol–water partition coefficient (Wildman–Crippen LogP) is 9.01. The van der Waals surface area contributed by atoms with Gasteiger partial charge in [0.2, 0.25) is 23.6 Å². The molecule has 4 saturated carbocycles. The van der Waals surface area contributed by atoms with Crippen molar-refractivity contribution in [3.8, 4) is 10.4 Å². The van der Waals surface area contributed by atoms with Gasteiger partial charge in [-0.15, -0.1) is 11.3 Å². The summed E-state index contributed by atoms with van der Waals surface area (Å²) in [6, 6.07) is 6.09. The molecule has 8 rings (SSSR count). The maximum absolute atomic E-state index is 14.5. The van der Waals surface area contributed by atoms with Gasteiger partial charge in [-0.1, -0.05) is 105 Å². The molecule has 0 radical (unpaired) electrons. The van der Waals surface area contributed by atoms with Gasteiger partial charge in [0.15, 0.2) is 0 Å². The van der Waals surface area contributed by atoms with Gasteiger partial charge in [-0.2, -0.15) is 0 Å². The lowest BCUT2D eigenvalue weighted by Crippen LogP contribution is -2.65. The van der Waals surface area contributed by atoms with Crippen molar-refractivity contribution in [1.82, 2.24) is 25.8 Å². The summed E-state index contributed by atoms with van der Waals surface area (Å²) in [4.78, 5) is 61.8. The number of hydrogen-bond acceptors (Lipinski definition) is 15. The fraction of sp³-hybridized carbons (Fsp3) is 0.783. The Hall–Kier alpha value is -3.89. The van der Waals surface area contributed by atoms with E-state index < -0.39 is 29.5 Å². The number of fused-ring (bicyclic) bond motifs is 7. The number of nitrogens with zero attached hydrogens (tertiary/aromatic N) is 2. The van der Waals surface area contributed by atoms with E-state index in [4.69, 9.17) is 33.2 Å². The van der Waals surface area contributed by atoms with E-state index in [0.29, 0.717) is 97.7 Å². The van der Waals surface area contributed by atoms with Gasteiger partial charge < -0.3 is 64.2 Å². The van der Waals surface area contributed by atoms with Crippen molar-refractivity contribution < 1.29 is 62.5 Å². The monoisotopic (exact) mass is 1250 g/mol. The summed E-state index contributed by atoms with van der Waals surface area (Å²) < 4.78 is 39.8. The van der Waals surface area contributed by atoms with Crippen LogP contribution in [0.1, 0.15) is 158 Å². The minimum absolute atomic E-state index is 0.00325. The molecule has 1 saturated heterocycles. The van der Waals surface area contributed by atoms with Gasteiger partial charge in [-0.05, 0) is 133 Å². The van der Waals surface area contributed by atoms with Crippen LogP contribution in [0.25, 0.3) is 10.4 Å². The van der Waals surface area contributed by atoms with Crippen LogP contribution < -0.4 is 16.0 Å². The van der Waals surface area contributed by atoms with Crippen molar-refractivity contribution in [2.24, 2.45) is 55.7 Å². The standard InChI is InChI=1S/C69H109N5O13S/c1-47-58(88-46-72-47)49-14-12-48(13-15-49)44-71-60(78)53-42-50(75)45-74(53)61(79)59(63(2,3)4)73-57(77)20-28-81-30-32-83-34-36-85-38-40-87-41-39-86-37-35-84-33-31-82-29-27-70-62(80)69-25-23-64(5,6)43-52(69)51-16-17-55-66(9)21-19-56(76)65(7,8)54(66)18-22-68(55,11)67(51,10)24-26-69/h12-16,46,50,52-56,59,75-76H,17-45H2,1-11H3,(H,70,80)(H,71,78)(H,73,77)/t50-,52+,53+,54+,55-,56+,59-,66+,67-,68-,69+/m1/s1. The number of rotatable bonds is 31. The number of aliphatic hydroxyl groups is 2. The van der Waals surface area contributed by atoms with Gasteiger partial charge in [0.1, 0.15) is 12.1 Å². The largest absolute Gasteiger partial charge is 0.393 e. The van der Waals surface area contributed by atoms with E-state index in [9.17, 15) is 29.4 Å². The smallest absolute Gasteiger partial charge is 0.246 e. The van der Waals surface area contributed by atoms with Crippen molar-refractivity contribution in [1.29, 1.82) is 0 Å². The van der Waals surface area contributed by atoms with E-state index >= 15 is 0 Å². The molecule has 2 aromatic rings. The van der Waals surface area contributed by atoms with Gasteiger partial charge in [0, 0.05) is 32.5 Å². The second-order valence-corrected chi connectivity index (χ2v) is 30.3. The number of nitrogens with one attached hydrogen (secondary N) is 3. The Bertz CT molecular complexity index is 2660. The first-order valence-corrected chi connectivity index (χ1v) is 33.9. The van der Waals surface area contributed by atoms with E-state index in [0.717, 1.165) is 73.1 Å². The summed E-state index contributed by atoms with van der Waals surface area (Å²) in [6.45, 7) is 30.9. The molecule has 11 atom stereocenters. The zero-order valence-electron chi connectivity index (χ0n) is 55.2. The second kappa shape index (κ2) is 30.2. The summed E-state index contributed by atoms with van der Waals surface area (Å²) in [5, 5.41) is 30.9. The number of carbonyl (C=O) groups is 4. The molecule has 0 unspecified atom stereocenters. The first kappa shape index (κ1) is 70.0. The molecule has 4 amide bonds. The number of β-amino-alcohol motifs (C(OH)–C–C–N with tert-alkyl or cyclic N) is 1. The number of aliphatic hydroxyl groups excluding tert-OH is 2. The number of aryl methyl sites for hydroxylation is 1. The van der Waals surface area contributed by atoms with Crippen molar-refractivity contribution >= 4 is 35.0 Å². The van der Waals surface area contributed by atoms with Crippen molar-refractivity contribution in [3.05, 3.63) is 52.7 Å². The number of carbonyl (C=O) groups excluding carboxylic acids is 4. The third-order valence-electron chi connectivity index (χ3n) is 22.0. The highest BCUT2D eigenvalue weighted by atomic mass is 32.1. The van der Waals surface area contributed by atoms with Crippen molar-refractivity contribution in [2.45, 2.75) is 184 Å². The third-order valence-corrected chi connectivity index (χ3v) is 23.0. The zero-order valence-corrected chi connectivity index (χ0v) is 56.0. The fourth-order valence-corrected chi connectivity index (χ4v) is 17.5. The zero-order chi connectivity index (χ0) is 63.5. The minimum Gasteiger partial charge on any atom is -0.393 e. The maximum Gasteiger partial charge on any atom is 0.246 e. The average molecular weight is 1250 g/mol. The molecule has 0 bridgehead atoms. The highest BCUT2D eigenvalue weighted by Crippen LogP contribution is 2.76. The number of thiazole rings is 1. The molecule has 0 spiro atoms. The molecule has 1 aromatic heterocycles. The van der Waals surface area contributed by atoms with Crippen molar-refractivity contribution in [3.63, 3.8) is 0 Å². The van der Waals surface area contributed by atoms with E-state index in [2.05, 4.69) is 75.5 Å². The van der Waals surface area contributed by atoms with E-state index in [1.807, 2.05) is 57.5 Å². The van der Waals surface area contributed by atoms with Gasteiger partial charge >= 0.3 is 0 Å². The lowest BCUT2D eigenvalue weighted by atomic mass is 9.33. The van der Waals surface area contributed by atoms with Gasteiger partial charge in [0.05, 0.1) is 126 Å². The maximum atomic E-state index is 14.5. The summed E-state index contributed by atoms with van der Waals surface area (Å²) in [7, 11) is 0. The topological polar surface area (TPSA) is 226 Å². The highest BCUT2D eigenvalue weighted by Gasteiger charge is 2.69. The molecular weight excluding hydrogens is 1140 g/mol. The number of allylic oxidation sites excluding steroid dienone is 2. The van der Waals surface area contributed by atoms with Crippen LogP contribution in [0.2, 0.25) is 0 Å². The summed E-state index contributed by atoms with van der Waals surface area (Å²) in [5.41, 5.74) is 5.80. The summed E-state index contributed by atoms with van der Waals surface area (Å²) in [6.07, 6.45) is 12.2. The van der Waals surface area contributed by atoms with Crippen molar-refractivity contribution in [2.75, 3.05) is 106 Å². The van der Waals surface area contributed by atoms with Crippen LogP contribution in [0, 0.1) is 62.6 Å². The Balaban J connectivity index is 0.609. The Morgan fingerprint density at radius 2 is 1.30 bits per heavy atom. The molecule has 5 N–H and O–H groups in total. The van der Waals surface area contributed by atoms with Crippen LogP contribution in [0.3, 0.4) is 0 Å². The van der Waals surface area contributed by atoms with Crippen LogP contribution in [0.5, 0.6) is 0 Å². The van der Waals surface area contributed by atoms with Gasteiger partial charge in [0.25, 0.3) is 0 Å². The first-order valence-electron chi connectivity index (χ1n) is 33.0. The van der Waals surface area contributed by atoms with Crippen LogP contribution in [0.15, 0.2) is 41.4 Å². The lowest BCUT2D eigenvalue weighted by molar-refractivity contribution is -0.203. The predicted molar refractivity (Wildman–Crippen MR) is 340 cm³/mol. The minimum atomic E-state index is -0.928. The summed E-state index contributed by atoms with van der Waals surface area (Å²) >= 11 is 1.58. The molecule has 1 aliphatic heterocycles. The highest BCUT2D eigenvalue weighted by molar-refractivity contribution is 7.13. The molecule has 2 heterocycles. The fourth-order valence-electron chi connectivity index (χ4n) is 16.7. The van der Waals surface area contributed by atoms with Crippen LogP contribution in [-0.4, -0.2) is 174 Å². The molecule has 5 fully saturated rings. The Morgan fingerprint density at radius 3 is 1.88 bits per heavy atom. The van der Waals surface area contributed by atoms with Gasteiger partial charge in [-0.3, -0.25) is 19.2 Å². The van der Waals surface area contributed by atoms with Crippen LogP contribution in [0.4, 0.5) is 0 Å². The molecule has 19 heteroatoms. The third kappa shape index (κ3) is 16.1. The van der Waals surface area contributed by atoms with E-state index in [1.165, 1.54) is 17.7 Å². The van der Waals surface area contributed by atoms with E-state index in [-0.39, 0.29) is 101 Å². The number of aromatic nitrogens is 1. The number of ether oxygens (including phenoxy) is 7. The molecule has 88 heavy (non-hydrogen) atoms. The van der Waals surface area contributed by atoms with Crippen LogP contribution in [-0.2, 0) is 58.9 Å². The molecule has 5 aliphatic carbocycles. The number of likely N-dealkylation sites (tertiary alicyclic amines) is 1.